The normalized spacial score (nSPS) is 10.7. The van der Waals surface area contributed by atoms with Gasteiger partial charge in [0.1, 0.15) is 11.6 Å². The van der Waals surface area contributed by atoms with E-state index in [0.29, 0.717) is 21.4 Å². The van der Waals surface area contributed by atoms with E-state index in [1.165, 1.54) is 6.20 Å². The Morgan fingerprint density at radius 1 is 1.05 bits per heavy atom. The summed E-state index contributed by atoms with van der Waals surface area (Å²) in [7, 11) is 0. The SMILES string of the molecule is N#C/C(=C/Nc1ccc(Cl)cc1)C(=O)Nc1cccc(Cl)c1. The van der Waals surface area contributed by atoms with E-state index in [2.05, 4.69) is 10.6 Å². The molecule has 2 aromatic rings. The Hall–Kier alpha value is -2.48. The zero-order valence-corrected chi connectivity index (χ0v) is 12.8. The van der Waals surface area contributed by atoms with Crippen molar-refractivity contribution in [3.8, 4) is 6.07 Å². The van der Waals surface area contributed by atoms with Crippen molar-refractivity contribution >= 4 is 40.5 Å². The van der Waals surface area contributed by atoms with Gasteiger partial charge in [0.15, 0.2) is 0 Å². The second-order valence-corrected chi connectivity index (χ2v) is 5.16. The van der Waals surface area contributed by atoms with Crippen molar-refractivity contribution in [2.75, 3.05) is 10.6 Å². The number of carbonyl (C=O) groups excluding carboxylic acids is 1. The molecule has 2 rings (SSSR count). The van der Waals surface area contributed by atoms with Gasteiger partial charge in [0.25, 0.3) is 5.91 Å². The maximum absolute atomic E-state index is 12.0. The lowest BCUT2D eigenvalue weighted by atomic mass is 10.2. The van der Waals surface area contributed by atoms with Crippen LogP contribution in [0.5, 0.6) is 0 Å². The number of nitrogens with one attached hydrogen (secondary N) is 2. The molecule has 0 radical (unpaired) electrons. The van der Waals surface area contributed by atoms with Crippen molar-refractivity contribution in [1.29, 1.82) is 5.26 Å². The Kier molecular flexibility index (Phi) is 5.42. The van der Waals surface area contributed by atoms with Gasteiger partial charge in [0.05, 0.1) is 0 Å². The zero-order chi connectivity index (χ0) is 15.9. The van der Waals surface area contributed by atoms with Crippen LogP contribution in [0.2, 0.25) is 10.0 Å². The van der Waals surface area contributed by atoms with Gasteiger partial charge in [-0.3, -0.25) is 4.79 Å². The third-order valence-electron chi connectivity index (χ3n) is 2.67. The Labute approximate surface area is 138 Å². The van der Waals surface area contributed by atoms with E-state index >= 15 is 0 Å². The number of hydrogen-bond donors (Lipinski definition) is 2. The van der Waals surface area contributed by atoms with Crippen LogP contribution in [0, 0.1) is 11.3 Å². The molecule has 0 aromatic heterocycles. The zero-order valence-electron chi connectivity index (χ0n) is 11.3. The molecule has 0 aliphatic carbocycles. The van der Waals surface area contributed by atoms with Crippen LogP contribution in [0.3, 0.4) is 0 Å². The van der Waals surface area contributed by atoms with Gasteiger partial charge in [-0.15, -0.1) is 0 Å². The van der Waals surface area contributed by atoms with Crippen molar-refractivity contribution in [3.05, 3.63) is 70.3 Å². The molecule has 1 amide bonds. The van der Waals surface area contributed by atoms with Gasteiger partial charge in [0.2, 0.25) is 0 Å². The van der Waals surface area contributed by atoms with Crippen LogP contribution in [0.15, 0.2) is 60.3 Å². The number of hydrogen-bond acceptors (Lipinski definition) is 3. The molecule has 2 aromatic carbocycles. The van der Waals surface area contributed by atoms with E-state index < -0.39 is 5.91 Å². The summed E-state index contributed by atoms with van der Waals surface area (Å²) in [5.41, 5.74) is 1.17. The summed E-state index contributed by atoms with van der Waals surface area (Å²) >= 11 is 11.6. The number of amides is 1. The van der Waals surface area contributed by atoms with Crippen LogP contribution >= 0.6 is 23.2 Å². The largest absolute Gasteiger partial charge is 0.360 e. The van der Waals surface area contributed by atoms with Gasteiger partial charge in [0, 0.05) is 27.6 Å². The second kappa shape index (κ2) is 7.51. The van der Waals surface area contributed by atoms with Crippen molar-refractivity contribution in [3.63, 3.8) is 0 Å². The first kappa shape index (κ1) is 15.9. The van der Waals surface area contributed by atoms with Crippen LogP contribution in [-0.4, -0.2) is 5.91 Å². The lowest BCUT2D eigenvalue weighted by molar-refractivity contribution is -0.112. The molecule has 22 heavy (non-hydrogen) atoms. The summed E-state index contributed by atoms with van der Waals surface area (Å²) in [6.45, 7) is 0. The molecule has 0 heterocycles. The predicted octanol–water partition coefficient (Wildman–Crippen LogP) is 4.45. The molecular formula is C16H11Cl2N3O. The lowest BCUT2D eigenvalue weighted by Crippen LogP contribution is -2.14. The summed E-state index contributed by atoms with van der Waals surface area (Å²) < 4.78 is 0. The fraction of sp³-hybridized carbons (Fsp3) is 0. The van der Waals surface area contributed by atoms with Crippen LogP contribution in [-0.2, 0) is 4.79 Å². The van der Waals surface area contributed by atoms with E-state index in [9.17, 15) is 4.79 Å². The van der Waals surface area contributed by atoms with Crippen LogP contribution in [0.4, 0.5) is 11.4 Å². The number of nitriles is 1. The summed E-state index contributed by atoms with van der Waals surface area (Å²) in [4.78, 5) is 12.0. The van der Waals surface area contributed by atoms with Crippen molar-refractivity contribution < 1.29 is 4.79 Å². The van der Waals surface area contributed by atoms with Gasteiger partial charge in [-0.1, -0.05) is 29.3 Å². The van der Waals surface area contributed by atoms with Crippen LogP contribution in [0.25, 0.3) is 0 Å². The molecule has 0 spiro atoms. The minimum atomic E-state index is -0.522. The highest BCUT2D eigenvalue weighted by molar-refractivity contribution is 6.31. The third-order valence-corrected chi connectivity index (χ3v) is 3.16. The molecule has 110 valence electrons. The summed E-state index contributed by atoms with van der Waals surface area (Å²) in [6, 6.07) is 15.4. The van der Waals surface area contributed by atoms with Gasteiger partial charge >= 0.3 is 0 Å². The fourth-order valence-corrected chi connectivity index (χ4v) is 1.93. The maximum Gasteiger partial charge on any atom is 0.267 e. The van der Waals surface area contributed by atoms with Gasteiger partial charge in [-0.05, 0) is 42.5 Å². The smallest absolute Gasteiger partial charge is 0.267 e. The van der Waals surface area contributed by atoms with Gasteiger partial charge in [-0.25, -0.2) is 0 Å². The van der Waals surface area contributed by atoms with Crippen molar-refractivity contribution in [1.82, 2.24) is 0 Å². The topological polar surface area (TPSA) is 64.9 Å². The quantitative estimate of drug-likeness (QED) is 0.642. The molecule has 2 N–H and O–H groups in total. The molecule has 0 fully saturated rings. The number of rotatable bonds is 4. The van der Waals surface area contributed by atoms with E-state index in [4.69, 9.17) is 28.5 Å². The average molecular weight is 332 g/mol. The number of benzene rings is 2. The first-order valence-electron chi connectivity index (χ1n) is 6.28. The molecule has 0 unspecified atom stereocenters. The minimum Gasteiger partial charge on any atom is -0.360 e. The van der Waals surface area contributed by atoms with Crippen LogP contribution in [0.1, 0.15) is 0 Å². The van der Waals surface area contributed by atoms with E-state index in [1.54, 1.807) is 48.5 Å². The number of halogens is 2. The standard InChI is InChI=1S/C16H11Cl2N3O/c17-12-4-6-14(7-5-12)20-10-11(9-19)16(22)21-15-3-1-2-13(18)8-15/h1-8,10,20H,(H,21,22)/b11-10-. The number of anilines is 2. The minimum absolute atomic E-state index is 0.0603. The molecule has 4 nitrogen and oxygen atoms in total. The highest BCUT2D eigenvalue weighted by atomic mass is 35.5. The monoisotopic (exact) mass is 331 g/mol. The Morgan fingerprint density at radius 3 is 2.41 bits per heavy atom. The predicted molar refractivity (Wildman–Crippen MR) is 88.9 cm³/mol. The molecule has 0 saturated carbocycles. The first-order valence-corrected chi connectivity index (χ1v) is 7.03. The first-order chi connectivity index (χ1) is 10.6. The average Bonchev–Trinajstić information content (AvgIpc) is 2.49. The Balaban J connectivity index is 2.07. The molecular weight excluding hydrogens is 321 g/mol. The number of nitrogens with zero attached hydrogens (tertiary/aromatic N) is 1. The molecule has 0 aliphatic heterocycles. The van der Waals surface area contributed by atoms with Gasteiger partial charge < -0.3 is 10.6 Å². The van der Waals surface area contributed by atoms with Crippen molar-refractivity contribution in [2.24, 2.45) is 0 Å². The molecule has 0 aliphatic rings. The number of carbonyl (C=O) groups is 1. The van der Waals surface area contributed by atoms with E-state index in [1.807, 2.05) is 6.07 Å². The fourth-order valence-electron chi connectivity index (χ4n) is 1.61. The lowest BCUT2D eigenvalue weighted by Gasteiger charge is -2.05. The maximum atomic E-state index is 12.0. The van der Waals surface area contributed by atoms with Crippen LogP contribution < -0.4 is 10.6 Å². The summed E-state index contributed by atoms with van der Waals surface area (Å²) in [5, 5.41) is 15.7. The summed E-state index contributed by atoms with van der Waals surface area (Å²) in [5.74, 6) is -0.522. The molecule has 6 heteroatoms. The Bertz CT molecular complexity index is 749. The van der Waals surface area contributed by atoms with E-state index in [0.717, 1.165) is 0 Å². The second-order valence-electron chi connectivity index (χ2n) is 4.29. The summed E-state index contributed by atoms with van der Waals surface area (Å²) in [6.07, 6.45) is 1.34. The van der Waals surface area contributed by atoms with E-state index in [-0.39, 0.29) is 5.57 Å². The molecule has 0 atom stereocenters. The third kappa shape index (κ3) is 4.52. The Morgan fingerprint density at radius 2 is 1.77 bits per heavy atom. The highest BCUT2D eigenvalue weighted by Crippen LogP contribution is 2.16. The highest BCUT2D eigenvalue weighted by Gasteiger charge is 2.09. The molecule has 0 bridgehead atoms. The molecule has 0 saturated heterocycles. The van der Waals surface area contributed by atoms with Gasteiger partial charge in [-0.2, -0.15) is 5.26 Å². The van der Waals surface area contributed by atoms with Crippen molar-refractivity contribution in [2.45, 2.75) is 0 Å².